The van der Waals surface area contributed by atoms with E-state index in [9.17, 15) is 9.59 Å². The van der Waals surface area contributed by atoms with Gasteiger partial charge in [-0.2, -0.15) is 5.10 Å². The lowest BCUT2D eigenvalue weighted by atomic mass is 9.82. The molecule has 3 heterocycles. The first kappa shape index (κ1) is 18.5. The second-order valence-electron chi connectivity index (χ2n) is 7.46. The van der Waals surface area contributed by atoms with Crippen LogP contribution < -0.4 is 10.1 Å². The maximum atomic E-state index is 12.6. The Morgan fingerprint density at radius 2 is 2.21 bits per heavy atom. The maximum Gasteiger partial charge on any atom is 0.242 e. The summed E-state index contributed by atoms with van der Waals surface area (Å²) in [5, 5.41) is 7.13. The van der Waals surface area contributed by atoms with Gasteiger partial charge in [-0.15, -0.1) is 0 Å². The van der Waals surface area contributed by atoms with Crippen LogP contribution in [0.5, 0.6) is 5.75 Å². The highest BCUT2D eigenvalue weighted by atomic mass is 16.5. The first-order valence-corrected chi connectivity index (χ1v) is 9.76. The molecule has 1 saturated heterocycles. The van der Waals surface area contributed by atoms with Crippen LogP contribution in [0.25, 0.3) is 0 Å². The van der Waals surface area contributed by atoms with Crippen molar-refractivity contribution in [3.8, 4) is 5.75 Å². The average Bonchev–Trinajstić information content (AvgIpc) is 3.14. The fraction of sp³-hybridized carbons (Fsp3) is 0.500. The van der Waals surface area contributed by atoms with Crippen molar-refractivity contribution in [3.05, 3.63) is 42.5 Å². The molecule has 0 aliphatic carbocycles. The van der Waals surface area contributed by atoms with E-state index >= 15 is 0 Å². The van der Waals surface area contributed by atoms with Crippen LogP contribution >= 0.6 is 0 Å². The predicted molar refractivity (Wildman–Crippen MR) is 101 cm³/mol. The van der Waals surface area contributed by atoms with Crippen molar-refractivity contribution < 1.29 is 14.3 Å². The van der Waals surface area contributed by atoms with Crippen molar-refractivity contribution in [2.24, 2.45) is 0 Å². The molecule has 1 fully saturated rings. The second-order valence-corrected chi connectivity index (χ2v) is 7.46. The smallest absolute Gasteiger partial charge is 0.242 e. The molecule has 28 heavy (non-hydrogen) atoms. The van der Waals surface area contributed by atoms with Crippen molar-refractivity contribution in [1.29, 1.82) is 0 Å². The standard InChI is InChI=1S/C20H25N5O3/c1-2-24-10-9-20(8-7-19(24)27)11-16(15-5-3-4-6-17(15)28-20)23-18(26)12-25-14-21-13-22-25/h3-6,13-14,16H,2,7-12H2,1H3,(H,23,26)/t16-,20-/m0/s1. The summed E-state index contributed by atoms with van der Waals surface area (Å²) < 4.78 is 7.94. The van der Waals surface area contributed by atoms with E-state index in [1.54, 1.807) is 0 Å². The highest BCUT2D eigenvalue weighted by Gasteiger charge is 2.43. The van der Waals surface area contributed by atoms with Gasteiger partial charge < -0.3 is 15.0 Å². The number of aromatic nitrogens is 3. The molecule has 0 unspecified atom stereocenters. The van der Waals surface area contributed by atoms with E-state index in [4.69, 9.17) is 4.74 Å². The molecule has 1 N–H and O–H groups in total. The average molecular weight is 383 g/mol. The summed E-state index contributed by atoms with van der Waals surface area (Å²) in [6, 6.07) is 7.66. The zero-order valence-electron chi connectivity index (χ0n) is 16.0. The molecule has 0 bridgehead atoms. The number of nitrogens with zero attached hydrogens (tertiary/aromatic N) is 4. The van der Waals surface area contributed by atoms with Crippen LogP contribution in [0.3, 0.4) is 0 Å². The zero-order chi connectivity index (χ0) is 19.6. The minimum absolute atomic E-state index is 0.120. The summed E-state index contributed by atoms with van der Waals surface area (Å²) in [7, 11) is 0. The van der Waals surface area contributed by atoms with Gasteiger partial charge in [0.25, 0.3) is 0 Å². The monoisotopic (exact) mass is 383 g/mol. The van der Waals surface area contributed by atoms with Gasteiger partial charge in [-0.3, -0.25) is 9.59 Å². The summed E-state index contributed by atoms with van der Waals surface area (Å²) in [5.74, 6) is 0.841. The number of rotatable bonds is 4. The van der Waals surface area contributed by atoms with E-state index in [0.29, 0.717) is 32.4 Å². The maximum absolute atomic E-state index is 12.6. The molecule has 1 spiro atoms. The van der Waals surface area contributed by atoms with Crippen LogP contribution in [0.15, 0.2) is 36.9 Å². The number of fused-ring (bicyclic) bond motifs is 1. The molecule has 2 aromatic rings. The number of para-hydroxylation sites is 1. The quantitative estimate of drug-likeness (QED) is 0.868. The number of nitrogens with one attached hydrogen (secondary N) is 1. The predicted octanol–water partition coefficient (Wildman–Crippen LogP) is 1.69. The molecule has 0 radical (unpaired) electrons. The minimum Gasteiger partial charge on any atom is -0.487 e. The molecule has 4 rings (SSSR count). The highest BCUT2D eigenvalue weighted by molar-refractivity contribution is 5.77. The van der Waals surface area contributed by atoms with Gasteiger partial charge in [-0.1, -0.05) is 18.2 Å². The van der Waals surface area contributed by atoms with Crippen molar-refractivity contribution in [2.45, 2.75) is 50.8 Å². The van der Waals surface area contributed by atoms with Crippen LogP contribution in [0, 0.1) is 0 Å². The Kier molecular flexibility index (Phi) is 5.02. The fourth-order valence-corrected chi connectivity index (χ4v) is 4.17. The zero-order valence-corrected chi connectivity index (χ0v) is 16.0. The molecule has 2 atom stereocenters. The van der Waals surface area contributed by atoms with Gasteiger partial charge in [0.1, 0.15) is 30.5 Å². The van der Waals surface area contributed by atoms with Gasteiger partial charge in [-0.25, -0.2) is 9.67 Å². The van der Waals surface area contributed by atoms with Crippen molar-refractivity contribution in [1.82, 2.24) is 25.0 Å². The largest absolute Gasteiger partial charge is 0.487 e. The molecule has 2 amide bonds. The Morgan fingerprint density at radius 3 is 3.00 bits per heavy atom. The number of amides is 2. The molecular weight excluding hydrogens is 358 g/mol. The number of hydrogen-bond acceptors (Lipinski definition) is 5. The number of carbonyl (C=O) groups excluding carboxylic acids is 2. The van der Waals surface area contributed by atoms with Crippen molar-refractivity contribution in [2.75, 3.05) is 13.1 Å². The Bertz CT molecular complexity index is 853. The Morgan fingerprint density at radius 1 is 1.36 bits per heavy atom. The summed E-state index contributed by atoms with van der Waals surface area (Å²) in [4.78, 5) is 30.7. The van der Waals surface area contributed by atoms with Gasteiger partial charge >= 0.3 is 0 Å². The van der Waals surface area contributed by atoms with Gasteiger partial charge in [0.2, 0.25) is 11.8 Å². The molecule has 0 saturated carbocycles. The van der Waals surface area contributed by atoms with Gasteiger partial charge in [0.05, 0.1) is 6.04 Å². The normalized spacial score (nSPS) is 24.4. The third-order valence-electron chi connectivity index (χ3n) is 5.67. The molecular formula is C20H25N5O3. The third kappa shape index (κ3) is 3.72. The lowest BCUT2D eigenvalue weighted by molar-refractivity contribution is -0.130. The Labute approximate surface area is 163 Å². The van der Waals surface area contributed by atoms with Gasteiger partial charge in [0, 0.05) is 37.9 Å². The Hall–Kier alpha value is -2.90. The summed E-state index contributed by atoms with van der Waals surface area (Å²) in [6.07, 6.45) is 5.47. The van der Waals surface area contributed by atoms with Crippen LogP contribution in [0.2, 0.25) is 0 Å². The Balaban J connectivity index is 1.55. The van der Waals surface area contributed by atoms with Crippen LogP contribution in [0.1, 0.15) is 44.2 Å². The molecule has 148 valence electrons. The molecule has 8 heteroatoms. The van der Waals surface area contributed by atoms with Crippen molar-refractivity contribution >= 4 is 11.8 Å². The van der Waals surface area contributed by atoms with Crippen LogP contribution in [-0.2, 0) is 16.1 Å². The SMILES string of the molecule is CCN1CC[C@@]2(CCC1=O)C[C@H](NC(=O)Cn1cncn1)c1ccccc1O2. The summed E-state index contributed by atoms with van der Waals surface area (Å²) in [6.45, 7) is 3.51. The van der Waals surface area contributed by atoms with E-state index in [2.05, 4.69) is 15.4 Å². The molecule has 1 aromatic heterocycles. The van der Waals surface area contributed by atoms with Crippen LogP contribution in [-0.4, -0.2) is 50.2 Å². The number of ether oxygens (including phenoxy) is 1. The second kappa shape index (κ2) is 7.61. The number of hydrogen-bond donors (Lipinski definition) is 1. The van der Waals surface area contributed by atoms with Gasteiger partial charge in [0.15, 0.2) is 0 Å². The highest BCUT2D eigenvalue weighted by Crippen LogP contribution is 2.44. The van der Waals surface area contributed by atoms with E-state index in [1.807, 2.05) is 36.1 Å². The topological polar surface area (TPSA) is 89.4 Å². The first-order valence-electron chi connectivity index (χ1n) is 9.76. The fourth-order valence-electron chi connectivity index (χ4n) is 4.17. The van der Waals surface area contributed by atoms with E-state index in [0.717, 1.165) is 17.7 Å². The van der Waals surface area contributed by atoms with Crippen LogP contribution in [0.4, 0.5) is 0 Å². The van der Waals surface area contributed by atoms with E-state index in [1.165, 1.54) is 17.3 Å². The van der Waals surface area contributed by atoms with E-state index < -0.39 is 5.60 Å². The minimum atomic E-state index is -0.445. The summed E-state index contributed by atoms with van der Waals surface area (Å²) in [5.41, 5.74) is 0.530. The molecule has 8 nitrogen and oxygen atoms in total. The lowest BCUT2D eigenvalue weighted by Gasteiger charge is -2.42. The lowest BCUT2D eigenvalue weighted by Crippen LogP contribution is -2.46. The molecule has 1 aromatic carbocycles. The van der Waals surface area contributed by atoms with E-state index in [-0.39, 0.29) is 24.4 Å². The molecule has 2 aliphatic rings. The number of benzene rings is 1. The van der Waals surface area contributed by atoms with Crippen molar-refractivity contribution in [3.63, 3.8) is 0 Å². The summed E-state index contributed by atoms with van der Waals surface area (Å²) >= 11 is 0. The van der Waals surface area contributed by atoms with Gasteiger partial charge in [-0.05, 0) is 19.4 Å². The first-order chi connectivity index (χ1) is 13.6. The molecule has 2 aliphatic heterocycles. The third-order valence-corrected chi connectivity index (χ3v) is 5.67. The number of carbonyl (C=O) groups is 2. The number of likely N-dealkylation sites (tertiary alicyclic amines) is 1.